The van der Waals surface area contributed by atoms with E-state index in [1.54, 1.807) is 37.0 Å². The van der Waals surface area contributed by atoms with Crippen molar-refractivity contribution in [1.82, 2.24) is 9.38 Å². The van der Waals surface area contributed by atoms with Crippen molar-refractivity contribution in [3.8, 4) is 17.3 Å². The van der Waals surface area contributed by atoms with Gasteiger partial charge in [0.25, 0.3) is 0 Å². The van der Waals surface area contributed by atoms with E-state index >= 15 is 0 Å². The third-order valence-electron chi connectivity index (χ3n) is 4.03. The molecule has 0 aliphatic heterocycles. The largest absolute Gasteiger partial charge is 0.299 e. The number of aromatic nitrogens is 2. The molecular weight excluding hydrogens is 318 g/mol. The molecule has 0 N–H and O–H groups in total. The molecule has 0 spiro atoms. The third kappa shape index (κ3) is 2.93. The first-order valence-corrected chi connectivity index (χ1v) is 8.41. The number of benzene rings is 1. The summed E-state index contributed by atoms with van der Waals surface area (Å²) in [6, 6.07) is 13.6. The van der Waals surface area contributed by atoms with E-state index in [-0.39, 0.29) is 5.78 Å². The van der Waals surface area contributed by atoms with Crippen LogP contribution in [-0.2, 0) is 4.79 Å². The van der Waals surface area contributed by atoms with Gasteiger partial charge in [0.1, 0.15) is 11.4 Å². The van der Waals surface area contributed by atoms with Gasteiger partial charge in [-0.2, -0.15) is 5.26 Å². The molecule has 2 heterocycles. The van der Waals surface area contributed by atoms with Crippen molar-refractivity contribution in [2.45, 2.75) is 30.4 Å². The molecule has 2 aromatic heterocycles. The fourth-order valence-electron chi connectivity index (χ4n) is 2.39. The van der Waals surface area contributed by atoms with Crippen molar-refractivity contribution < 1.29 is 4.79 Å². The Morgan fingerprint density at radius 1 is 1.21 bits per heavy atom. The van der Waals surface area contributed by atoms with E-state index in [0.717, 1.165) is 21.8 Å². The van der Waals surface area contributed by atoms with E-state index in [2.05, 4.69) is 11.1 Å². The van der Waals surface area contributed by atoms with Gasteiger partial charge in [0.15, 0.2) is 0 Å². The number of ketones is 1. The Hall–Kier alpha value is -2.58. The number of nitrogens with zero attached hydrogens (tertiary/aromatic N) is 3. The third-order valence-corrected chi connectivity index (χ3v) is 5.37. The molecule has 0 amide bonds. The van der Waals surface area contributed by atoms with Gasteiger partial charge < -0.3 is 0 Å². The summed E-state index contributed by atoms with van der Waals surface area (Å²) in [5.74, 6) is 0.129. The average Bonchev–Trinajstić information content (AvgIpc) is 3.03. The van der Waals surface area contributed by atoms with Gasteiger partial charge in [0.2, 0.25) is 0 Å². The molecule has 0 aliphatic carbocycles. The minimum Gasteiger partial charge on any atom is -0.299 e. The molecule has 0 aliphatic rings. The second kappa shape index (κ2) is 6.14. The number of pyridine rings is 1. The molecule has 5 heteroatoms. The van der Waals surface area contributed by atoms with Gasteiger partial charge in [-0.1, -0.05) is 12.1 Å². The quantitative estimate of drug-likeness (QED) is 0.666. The lowest BCUT2D eigenvalue weighted by Crippen LogP contribution is -2.24. The Balaban J connectivity index is 2.19. The molecule has 24 heavy (non-hydrogen) atoms. The first kappa shape index (κ1) is 16.3. The number of hydrogen-bond donors (Lipinski definition) is 0. The number of rotatable bonds is 4. The number of thioether (sulfide) groups is 1. The Bertz CT molecular complexity index is 949. The molecule has 0 radical (unpaired) electrons. The number of Topliss-reactive ketones (excluding diaryl/α,β-unsaturated/α-hetero) is 1. The molecule has 0 bridgehead atoms. The summed E-state index contributed by atoms with van der Waals surface area (Å²) in [6.45, 7) is 5.48. The lowest BCUT2D eigenvalue weighted by molar-refractivity contribution is -0.118. The van der Waals surface area contributed by atoms with Crippen molar-refractivity contribution in [3.05, 3.63) is 54.4 Å². The highest BCUT2D eigenvalue weighted by Crippen LogP contribution is 2.39. The zero-order chi connectivity index (χ0) is 17.3. The summed E-state index contributed by atoms with van der Waals surface area (Å²) in [5.41, 5.74) is 3.43. The monoisotopic (exact) mass is 335 g/mol. The van der Waals surface area contributed by atoms with Crippen molar-refractivity contribution in [2.75, 3.05) is 0 Å². The smallest absolute Gasteiger partial charge is 0.145 e. The number of carbonyl (C=O) groups is 1. The van der Waals surface area contributed by atoms with E-state index in [4.69, 9.17) is 5.26 Å². The normalized spacial score (nSPS) is 11.4. The van der Waals surface area contributed by atoms with E-state index in [0.29, 0.717) is 5.56 Å². The Kier molecular flexibility index (Phi) is 4.16. The predicted molar refractivity (Wildman–Crippen MR) is 96.0 cm³/mol. The van der Waals surface area contributed by atoms with Crippen LogP contribution in [0.25, 0.3) is 16.9 Å². The standard InChI is InChI=1S/C19H17N3OS/c1-13(23)19(2,3)24-16-8-9-17-21-10-11-22(17)18(16)15-6-4-14(12-20)5-7-15/h4-11H,1-3H3. The van der Waals surface area contributed by atoms with Gasteiger partial charge in [-0.25, -0.2) is 4.98 Å². The van der Waals surface area contributed by atoms with Crippen LogP contribution in [-0.4, -0.2) is 19.9 Å². The lowest BCUT2D eigenvalue weighted by Gasteiger charge is -2.22. The predicted octanol–water partition coefficient (Wildman–Crippen LogP) is 4.33. The summed E-state index contributed by atoms with van der Waals surface area (Å²) in [7, 11) is 0. The molecule has 0 atom stereocenters. The van der Waals surface area contributed by atoms with Gasteiger partial charge in [0.05, 0.1) is 22.1 Å². The SMILES string of the molecule is CC(=O)C(C)(C)Sc1ccc2nccn2c1-c1ccc(C#N)cc1. The number of hydrogen-bond acceptors (Lipinski definition) is 4. The van der Waals surface area contributed by atoms with E-state index in [1.807, 2.05) is 48.7 Å². The Labute approximate surface area is 145 Å². The van der Waals surface area contributed by atoms with Crippen LogP contribution >= 0.6 is 11.8 Å². The van der Waals surface area contributed by atoms with Gasteiger partial charge in [0, 0.05) is 17.3 Å². The maximum Gasteiger partial charge on any atom is 0.145 e. The minimum atomic E-state index is -0.518. The molecule has 0 fully saturated rings. The molecule has 3 rings (SSSR count). The van der Waals surface area contributed by atoms with Crippen LogP contribution in [0.5, 0.6) is 0 Å². The number of fused-ring (bicyclic) bond motifs is 1. The van der Waals surface area contributed by atoms with Gasteiger partial charge in [-0.05, 0) is 50.6 Å². The maximum atomic E-state index is 11.9. The Morgan fingerprint density at radius 2 is 1.92 bits per heavy atom. The van der Waals surface area contributed by atoms with Gasteiger partial charge >= 0.3 is 0 Å². The van der Waals surface area contributed by atoms with Crippen LogP contribution in [0.2, 0.25) is 0 Å². The van der Waals surface area contributed by atoms with Crippen LogP contribution in [0.1, 0.15) is 26.3 Å². The highest BCUT2D eigenvalue weighted by atomic mass is 32.2. The molecule has 3 aromatic rings. The zero-order valence-electron chi connectivity index (χ0n) is 13.8. The average molecular weight is 335 g/mol. The summed E-state index contributed by atoms with van der Waals surface area (Å²) in [4.78, 5) is 17.3. The summed E-state index contributed by atoms with van der Waals surface area (Å²) >= 11 is 1.54. The van der Waals surface area contributed by atoms with E-state index < -0.39 is 4.75 Å². The summed E-state index contributed by atoms with van der Waals surface area (Å²) < 4.78 is 1.50. The Morgan fingerprint density at radius 3 is 2.54 bits per heavy atom. The fourth-order valence-corrected chi connectivity index (χ4v) is 3.53. The fraction of sp³-hybridized carbons (Fsp3) is 0.211. The minimum absolute atomic E-state index is 0.129. The van der Waals surface area contributed by atoms with E-state index in [9.17, 15) is 4.79 Å². The lowest BCUT2D eigenvalue weighted by atomic mass is 10.1. The topological polar surface area (TPSA) is 58.2 Å². The number of nitriles is 1. The van der Waals surface area contributed by atoms with Crippen LogP contribution in [0.3, 0.4) is 0 Å². The highest BCUT2D eigenvalue weighted by molar-refractivity contribution is 8.01. The van der Waals surface area contributed by atoms with Gasteiger partial charge in [-0.3, -0.25) is 9.20 Å². The molecule has 0 saturated carbocycles. The zero-order valence-corrected chi connectivity index (χ0v) is 14.6. The molecule has 4 nitrogen and oxygen atoms in total. The summed E-state index contributed by atoms with van der Waals surface area (Å²) in [6.07, 6.45) is 3.67. The highest BCUT2D eigenvalue weighted by Gasteiger charge is 2.27. The van der Waals surface area contributed by atoms with Crippen LogP contribution in [0.4, 0.5) is 0 Å². The van der Waals surface area contributed by atoms with Crippen LogP contribution in [0.15, 0.2) is 53.7 Å². The molecule has 120 valence electrons. The number of imidazole rings is 1. The van der Waals surface area contributed by atoms with Crippen molar-refractivity contribution in [1.29, 1.82) is 5.26 Å². The summed E-state index contributed by atoms with van der Waals surface area (Å²) in [5, 5.41) is 9.00. The number of carbonyl (C=O) groups excluding carboxylic acids is 1. The van der Waals surface area contributed by atoms with Crippen molar-refractivity contribution >= 4 is 23.2 Å². The molecule has 1 aromatic carbocycles. The second-order valence-electron chi connectivity index (χ2n) is 6.06. The maximum absolute atomic E-state index is 11.9. The van der Waals surface area contributed by atoms with E-state index in [1.165, 1.54) is 0 Å². The van der Waals surface area contributed by atoms with Crippen molar-refractivity contribution in [2.24, 2.45) is 0 Å². The van der Waals surface area contributed by atoms with Crippen molar-refractivity contribution in [3.63, 3.8) is 0 Å². The molecule has 0 unspecified atom stereocenters. The molecule has 0 saturated heterocycles. The second-order valence-corrected chi connectivity index (χ2v) is 7.72. The van der Waals surface area contributed by atoms with Crippen LogP contribution < -0.4 is 0 Å². The first-order chi connectivity index (χ1) is 11.4. The first-order valence-electron chi connectivity index (χ1n) is 7.59. The molecular formula is C19H17N3OS. The van der Waals surface area contributed by atoms with Crippen LogP contribution in [0, 0.1) is 11.3 Å². The van der Waals surface area contributed by atoms with Gasteiger partial charge in [-0.15, -0.1) is 11.8 Å².